The number of aromatic nitrogens is 4. The molecule has 4 rings (SSSR count). The molecule has 0 bridgehead atoms. The molecular formula is C22H23N5O2S2. The number of para-hydroxylation sites is 1. The zero-order valence-corrected chi connectivity index (χ0v) is 19.5. The van der Waals surface area contributed by atoms with Gasteiger partial charge in [-0.25, -0.2) is 4.98 Å². The number of carbonyl (C=O) groups excluding carboxylic acids is 1. The van der Waals surface area contributed by atoms with Crippen LogP contribution >= 0.6 is 23.1 Å². The first-order chi connectivity index (χ1) is 15.0. The minimum Gasteiger partial charge on any atom is -0.469 e. The Morgan fingerprint density at radius 1 is 1.26 bits per heavy atom. The van der Waals surface area contributed by atoms with E-state index in [9.17, 15) is 4.79 Å². The number of amides is 1. The second kappa shape index (κ2) is 9.07. The van der Waals surface area contributed by atoms with Gasteiger partial charge in [-0.3, -0.25) is 9.69 Å². The maximum Gasteiger partial charge on any atom is 0.230 e. The van der Waals surface area contributed by atoms with E-state index in [0.717, 1.165) is 45.7 Å². The van der Waals surface area contributed by atoms with Crippen molar-refractivity contribution in [3.63, 3.8) is 0 Å². The maximum absolute atomic E-state index is 12.4. The minimum atomic E-state index is -0.0529. The molecule has 7 nitrogen and oxygen atoms in total. The Labute approximate surface area is 189 Å². The Balaban J connectivity index is 1.52. The van der Waals surface area contributed by atoms with Gasteiger partial charge < -0.3 is 8.98 Å². The molecule has 3 heterocycles. The van der Waals surface area contributed by atoms with Crippen molar-refractivity contribution in [1.29, 1.82) is 0 Å². The van der Waals surface area contributed by atoms with Gasteiger partial charge in [-0.15, -0.1) is 21.5 Å². The predicted octanol–water partition coefficient (Wildman–Crippen LogP) is 5.38. The summed E-state index contributed by atoms with van der Waals surface area (Å²) >= 11 is 3.03. The van der Waals surface area contributed by atoms with Gasteiger partial charge in [0.2, 0.25) is 5.91 Å². The lowest BCUT2D eigenvalue weighted by Gasteiger charge is -2.20. The Bertz CT molecular complexity index is 1210. The summed E-state index contributed by atoms with van der Waals surface area (Å²) in [6, 6.07) is 9.84. The van der Waals surface area contributed by atoms with Crippen molar-refractivity contribution in [3.05, 3.63) is 59.0 Å². The fourth-order valence-electron chi connectivity index (χ4n) is 3.33. The molecule has 1 amide bonds. The van der Waals surface area contributed by atoms with E-state index in [-0.39, 0.29) is 5.91 Å². The number of thiazole rings is 1. The molecule has 0 aliphatic rings. The number of nitrogens with zero attached hydrogens (tertiary/aromatic N) is 5. The Morgan fingerprint density at radius 3 is 2.77 bits per heavy atom. The van der Waals surface area contributed by atoms with Crippen molar-refractivity contribution < 1.29 is 9.21 Å². The number of carbonyl (C=O) groups is 1. The molecule has 9 heteroatoms. The lowest BCUT2D eigenvalue weighted by atomic mass is 10.1. The molecule has 0 N–H and O–H groups in total. The van der Waals surface area contributed by atoms with E-state index in [1.807, 2.05) is 54.3 Å². The number of benzene rings is 1. The largest absolute Gasteiger partial charge is 0.469 e. The summed E-state index contributed by atoms with van der Waals surface area (Å²) in [5.74, 6) is 2.16. The molecule has 0 unspecified atom stereocenters. The van der Waals surface area contributed by atoms with Gasteiger partial charge in [0.05, 0.1) is 23.2 Å². The highest BCUT2D eigenvalue weighted by Crippen LogP contribution is 2.33. The maximum atomic E-state index is 12.4. The molecular weight excluding hydrogens is 430 g/mol. The van der Waals surface area contributed by atoms with Gasteiger partial charge in [0.1, 0.15) is 5.76 Å². The average molecular weight is 454 g/mol. The molecule has 0 fully saturated rings. The fraction of sp³-hybridized carbons (Fsp3) is 0.273. The van der Waals surface area contributed by atoms with E-state index in [2.05, 4.69) is 17.1 Å². The standard InChI is InChI=1S/C22H23N5O2S2/c1-5-16-8-6-7-9-19(16)27(15(3)28)21-23-17(12-30-21)13-31-22-25-24-20(26(22)4)18-10-11-29-14(18)2/h6-12H,5,13H2,1-4H3. The Kier molecular flexibility index (Phi) is 6.24. The highest BCUT2D eigenvalue weighted by Gasteiger charge is 2.21. The first kappa shape index (κ1) is 21.3. The van der Waals surface area contributed by atoms with Crippen LogP contribution in [0.2, 0.25) is 0 Å². The molecule has 1 aromatic carbocycles. The van der Waals surface area contributed by atoms with Crippen LogP contribution in [0.5, 0.6) is 0 Å². The second-order valence-electron chi connectivity index (χ2n) is 7.00. The van der Waals surface area contributed by atoms with Crippen LogP contribution in [-0.2, 0) is 24.0 Å². The lowest BCUT2D eigenvalue weighted by Crippen LogP contribution is -2.23. The number of rotatable bonds is 7. The molecule has 3 aromatic heterocycles. The summed E-state index contributed by atoms with van der Waals surface area (Å²) < 4.78 is 7.33. The van der Waals surface area contributed by atoms with Crippen LogP contribution in [0.4, 0.5) is 10.8 Å². The molecule has 0 spiro atoms. The lowest BCUT2D eigenvalue weighted by molar-refractivity contribution is -0.115. The van der Waals surface area contributed by atoms with Gasteiger partial charge in [-0.05, 0) is 31.0 Å². The molecule has 31 heavy (non-hydrogen) atoms. The van der Waals surface area contributed by atoms with Crippen LogP contribution in [-0.4, -0.2) is 25.7 Å². The van der Waals surface area contributed by atoms with Gasteiger partial charge in [0.25, 0.3) is 0 Å². The van der Waals surface area contributed by atoms with E-state index >= 15 is 0 Å². The highest BCUT2D eigenvalue weighted by molar-refractivity contribution is 7.98. The van der Waals surface area contributed by atoms with Crippen LogP contribution in [0.1, 0.15) is 30.9 Å². The Morgan fingerprint density at radius 2 is 2.06 bits per heavy atom. The SMILES string of the molecule is CCc1ccccc1N(C(C)=O)c1nc(CSc2nnc(-c3ccoc3C)n2C)cs1. The summed E-state index contributed by atoms with van der Waals surface area (Å²) in [5.41, 5.74) is 3.84. The van der Waals surface area contributed by atoms with Crippen LogP contribution in [0.25, 0.3) is 11.4 Å². The highest BCUT2D eigenvalue weighted by atomic mass is 32.2. The topological polar surface area (TPSA) is 77.1 Å². The molecule has 0 aliphatic carbocycles. The number of thioether (sulfide) groups is 1. The number of hydrogen-bond donors (Lipinski definition) is 0. The summed E-state index contributed by atoms with van der Waals surface area (Å²) in [6.07, 6.45) is 2.50. The molecule has 0 saturated carbocycles. The van der Waals surface area contributed by atoms with Gasteiger partial charge in [-0.1, -0.05) is 36.9 Å². The van der Waals surface area contributed by atoms with E-state index in [1.165, 1.54) is 11.3 Å². The second-order valence-corrected chi connectivity index (χ2v) is 8.78. The normalized spacial score (nSPS) is 11.1. The van der Waals surface area contributed by atoms with E-state index in [0.29, 0.717) is 10.9 Å². The van der Waals surface area contributed by atoms with Crippen LogP contribution in [0, 0.1) is 6.92 Å². The average Bonchev–Trinajstić information content (AvgIpc) is 3.47. The smallest absolute Gasteiger partial charge is 0.230 e. The number of anilines is 2. The quantitative estimate of drug-likeness (QED) is 0.350. The van der Waals surface area contributed by atoms with Gasteiger partial charge in [0.15, 0.2) is 16.1 Å². The third kappa shape index (κ3) is 4.28. The van der Waals surface area contributed by atoms with Crippen molar-refractivity contribution >= 4 is 39.8 Å². The summed E-state index contributed by atoms with van der Waals surface area (Å²) in [7, 11) is 1.94. The van der Waals surface area contributed by atoms with Crippen molar-refractivity contribution in [1.82, 2.24) is 19.7 Å². The summed E-state index contributed by atoms with van der Waals surface area (Å²) in [6.45, 7) is 5.56. The molecule has 0 atom stereocenters. The molecule has 0 radical (unpaired) electrons. The zero-order chi connectivity index (χ0) is 22.0. The molecule has 0 aliphatic heterocycles. The van der Waals surface area contributed by atoms with E-state index < -0.39 is 0 Å². The Hall–Kier alpha value is -2.91. The number of hydrogen-bond acceptors (Lipinski definition) is 7. The predicted molar refractivity (Wildman–Crippen MR) is 124 cm³/mol. The number of furan rings is 1. The summed E-state index contributed by atoms with van der Waals surface area (Å²) in [5, 5.41) is 12.1. The molecule has 4 aromatic rings. The molecule has 0 saturated heterocycles. The van der Waals surface area contributed by atoms with Gasteiger partial charge in [0, 0.05) is 25.1 Å². The third-order valence-electron chi connectivity index (χ3n) is 4.94. The van der Waals surface area contributed by atoms with E-state index in [4.69, 9.17) is 9.40 Å². The van der Waals surface area contributed by atoms with Gasteiger partial charge in [-0.2, -0.15) is 0 Å². The van der Waals surface area contributed by atoms with E-state index in [1.54, 1.807) is 29.8 Å². The molecule has 160 valence electrons. The number of aryl methyl sites for hydroxylation is 2. The van der Waals surface area contributed by atoms with Crippen molar-refractivity contribution in [2.45, 2.75) is 38.1 Å². The monoisotopic (exact) mass is 453 g/mol. The zero-order valence-electron chi connectivity index (χ0n) is 17.8. The minimum absolute atomic E-state index is 0.0529. The van der Waals surface area contributed by atoms with Crippen molar-refractivity contribution in [2.75, 3.05) is 4.90 Å². The third-order valence-corrected chi connectivity index (χ3v) is 6.87. The van der Waals surface area contributed by atoms with Crippen LogP contribution in [0.3, 0.4) is 0 Å². The summed E-state index contributed by atoms with van der Waals surface area (Å²) in [4.78, 5) is 18.9. The van der Waals surface area contributed by atoms with Crippen molar-refractivity contribution in [3.8, 4) is 11.4 Å². The van der Waals surface area contributed by atoms with Crippen molar-refractivity contribution in [2.24, 2.45) is 7.05 Å². The van der Waals surface area contributed by atoms with Crippen LogP contribution < -0.4 is 4.90 Å². The van der Waals surface area contributed by atoms with Crippen LogP contribution in [0.15, 0.2) is 51.5 Å². The van der Waals surface area contributed by atoms with Gasteiger partial charge >= 0.3 is 0 Å². The first-order valence-electron chi connectivity index (χ1n) is 9.89. The fourth-order valence-corrected chi connectivity index (χ4v) is 5.12. The first-order valence-corrected chi connectivity index (χ1v) is 11.8.